The summed E-state index contributed by atoms with van der Waals surface area (Å²) in [5.41, 5.74) is -4.47. The minimum absolute atomic E-state index is 0.0238. The van der Waals surface area contributed by atoms with E-state index in [0.29, 0.717) is 0 Å². The van der Waals surface area contributed by atoms with Gasteiger partial charge in [0.2, 0.25) is 5.72 Å². The average Bonchev–Trinajstić information content (AvgIpc) is 3.28. The van der Waals surface area contributed by atoms with Crippen molar-refractivity contribution in [2.75, 3.05) is 0 Å². The van der Waals surface area contributed by atoms with Crippen LogP contribution in [0.3, 0.4) is 0 Å². The van der Waals surface area contributed by atoms with Crippen molar-refractivity contribution in [1.29, 1.82) is 0 Å². The Bertz CT molecular complexity index is 1310. The van der Waals surface area contributed by atoms with Crippen molar-refractivity contribution in [1.82, 2.24) is 10.6 Å². The molecule has 0 bridgehead atoms. The van der Waals surface area contributed by atoms with Crippen molar-refractivity contribution in [3.8, 4) is 11.3 Å². The number of halogens is 4. The highest BCUT2D eigenvalue weighted by Gasteiger charge is 2.66. The van der Waals surface area contributed by atoms with Gasteiger partial charge in [-0.05, 0) is 42.5 Å². The lowest BCUT2D eigenvalue weighted by Crippen LogP contribution is -2.72. The third-order valence-electron chi connectivity index (χ3n) is 5.52. The standard InChI is InChI=1S/C22H15ClF3N3O6/c23-12-7-5-11(6-8-12)19(30)17-18(27-20(31)28-21(17,32)22(24,25)26)16-10-9-15(35-16)13-3-1-2-4-14(13)29(33)34/h1-10,17-18,32H,(H2,27,28,31)/t17-,18-,21+/m1/s1. The number of nitrogens with zero attached hydrogens (tertiary/aromatic N) is 1. The van der Waals surface area contributed by atoms with Crippen LogP contribution in [0.1, 0.15) is 22.2 Å². The molecule has 3 aromatic rings. The Labute approximate surface area is 199 Å². The Kier molecular flexibility index (Phi) is 6.03. The van der Waals surface area contributed by atoms with Crippen LogP contribution in [0.5, 0.6) is 0 Å². The quantitative estimate of drug-likeness (QED) is 0.261. The number of hydrogen-bond acceptors (Lipinski definition) is 6. The van der Waals surface area contributed by atoms with Crippen LogP contribution in [-0.4, -0.2) is 33.7 Å². The monoisotopic (exact) mass is 509 g/mol. The molecule has 0 unspecified atom stereocenters. The van der Waals surface area contributed by atoms with Gasteiger partial charge in [0.25, 0.3) is 5.69 Å². The van der Waals surface area contributed by atoms with E-state index in [4.69, 9.17) is 16.0 Å². The number of nitro groups is 1. The molecule has 35 heavy (non-hydrogen) atoms. The van der Waals surface area contributed by atoms with Gasteiger partial charge < -0.3 is 20.2 Å². The summed E-state index contributed by atoms with van der Waals surface area (Å²) in [6.07, 6.45) is -5.45. The average molecular weight is 510 g/mol. The smallest absolute Gasteiger partial charge is 0.437 e. The third-order valence-corrected chi connectivity index (χ3v) is 5.77. The Hall–Kier alpha value is -3.90. The van der Waals surface area contributed by atoms with Gasteiger partial charge in [0, 0.05) is 16.7 Å². The maximum atomic E-state index is 14.0. The molecule has 2 aromatic carbocycles. The van der Waals surface area contributed by atoms with Crippen LogP contribution in [0.15, 0.2) is 65.1 Å². The minimum Gasteiger partial charge on any atom is -0.459 e. The number of nitro benzene ring substituents is 1. The zero-order valence-corrected chi connectivity index (χ0v) is 18.1. The first-order valence-electron chi connectivity index (χ1n) is 9.93. The molecule has 3 N–H and O–H groups in total. The number of Topliss-reactive ketones (excluding diaryl/α,β-unsaturated/α-hetero) is 1. The number of amides is 2. The fourth-order valence-electron chi connectivity index (χ4n) is 3.88. The second-order valence-electron chi connectivity index (χ2n) is 7.67. The number of benzene rings is 2. The molecular formula is C22H15ClF3N3O6. The number of nitrogens with one attached hydrogen (secondary N) is 2. The van der Waals surface area contributed by atoms with Gasteiger partial charge in [-0.3, -0.25) is 14.9 Å². The summed E-state index contributed by atoms with van der Waals surface area (Å²) in [5, 5.41) is 25.8. The first kappa shape index (κ1) is 24.2. The van der Waals surface area contributed by atoms with E-state index in [1.165, 1.54) is 66.0 Å². The van der Waals surface area contributed by atoms with E-state index >= 15 is 0 Å². The third kappa shape index (κ3) is 4.33. The highest BCUT2D eigenvalue weighted by molar-refractivity contribution is 6.30. The van der Waals surface area contributed by atoms with Gasteiger partial charge in [-0.1, -0.05) is 23.7 Å². The van der Waals surface area contributed by atoms with E-state index in [1.54, 1.807) is 0 Å². The zero-order chi connectivity index (χ0) is 25.5. The molecule has 2 amide bonds. The predicted octanol–water partition coefficient (Wildman–Crippen LogP) is 4.61. The number of aliphatic hydroxyl groups is 1. The maximum absolute atomic E-state index is 14.0. The highest BCUT2D eigenvalue weighted by Crippen LogP contribution is 2.45. The second-order valence-corrected chi connectivity index (χ2v) is 8.10. The van der Waals surface area contributed by atoms with Gasteiger partial charge in [-0.25, -0.2) is 4.79 Å². The molecule has 182 valence electrons. The Balaban J connectivity index is 1.83. The van der Waals surface area contributed by atoms with E-state index in [-0.39, 0.29) is 33.4 Å². The van der Waals surface area contributed by atoms with Gasteiger partial charge >= 0.3 is 12.2 Å². The molecule has 1 aliphatic heterocycles. The van der Waals surface area contributed by atoms with Crippen molar-refractivity contribution >= 4 is 29.1 Å². The first-order valence-corrected chi connectivity index (χ1v) is 10.3. The van der Waals surface area contributed by atoms with Crippen molar-refractivity contribution in [2.24, 2.45) is 5.92 Å². The fourth-order valence-corrected chi connectivity index (χ4v) is 4.00. The minimum atomic E-state index is -5.45. The van der Waals surface area contributed by atoms with Crippen LogP contribution in [0.2, 0.25) is 5.02 Å². The summed E-state index contributed by atoms with van der Waals surface area (Å²) in [7, 11) is 0. The molecule has 1 saturated heterocycles. The number of alkyl halides is 3. The lowest BCUT2D eigenvalue weighted by Gasteiger charge is -2.44. The van der Waals surface area contributed by atoms with E-state index in [2.05, 4.69) is 5.32 Å². The van der Waals surface area contributed by atoms with Gasteiger partial charge in [0.05, 0.1) is 10.5 Å². The molecule has 0 saturated carbocycles. The van der Waals surface area contributed by atoms with Gasteiger partial charge in [0.1, 0.15) is 23.5 Å². The van der Waals surface area contributed by atoms with Crippen molar-refractivity contribution < 1.29 is 37.2 Å². The number of ketones is 1. The zero-order valence-electron chi connectivity index (χ0n) is 17.4. The van der Waals surface area contributed by atoms with Crippen LogP contribution in [-0.2, 0) is 0 Å². The summed E-state index contributed by atoms with van der Waals surface area (Å²) >= 11 is 5.80. The van der Waals surface area contributed by atoms with Crippen LogP contribution < -0.4 is 10.6 Å². The van der Waals surface area contributed by atoms with Crippen molar-refractivity contribution in [3.63, 3.8) is 0 Å². The molecule has 2 heterocycles. The van der Waals surface area contributed by atoms with Crippen LogP contribution >= 0.6 is 11.6 Å². The topological polar surface area (TPSA) is 135 Å². The second kappa shape index (κ2) is 8.71. The summed E-state index contributed by atoms with van der Waals surface area (Å²) < 4.78 is 47.6. The van der Waals surface area contributed by atoms with E-state index in [1.807, 2.05) is 0 Å². The number of hydrogen-bond donors (Lipinski definition) is 3. The summed E-state index contributed by atoms with van der Waals surface area (Å²) in [5.74, 6) is -3.91. The molecule has 0 aliphatic carbocycles. The normalized spacial score (nSPS) is 22.3. The first-order chi connectivity index (χ1) is 16.4. The molecule has 13 heteroatoms. The van der Waals surface area contributed by atoms with Crippen molar-refractivity contribution in [2.45, 2.75) is 17.9 Å². The molecule has 3 atom stereocenters. The van der Waals surface area contributed by atoms with E-state index in [0.717, 1.165) is 0 Å². The molecule has 9 nitrogen and oxygen atoms in total. The number of carbonyl (C=O) groups is 2. The highest BCUT2D eigenvalue weighted by atomic mass is 35.5. The molecule has 0 spiro atoms. The van der Waals surface area contributed by atoms with E-state index < -0.39 is 40.6 Å². The lowest BCUT2D eigenvalue weighted by molar-refractivity contribution is -0.384. The summed E-state index contributed by atoms with van der Waals surface area (Å²) in [6, 6.07) is 9.64. The molecule has 4 rings (SSSR count). The van der Waals surface area contributed by atoms with Crippen LogP contribution in [0.25, 0.3) is 11.3 Å². The molecule has 1 aliphatic rings. The number of rotatable bonds is 5. The lowest BCUT2D eigenvalue weighted by atomic mass is 9.79. The predicted molar refractivity (Wildman–Crippen MR) is 115 cm³/mol. The Morgan fingerprint density at radius 3 is 2.40 bits per heavy atom. The Morgan fingerprint density at radius 2 is 1.77 bits per heavy atom. The molecular weight excluding hydrogens is 495 g/mol. The fraction of sp³-hybridized carbons (Fsp3) is 0.182. The molecule has 0 radical (unpaired) electrons. The number of urea groups is 1. The summed E-state index contributed by atoms with van der Waals surface area (Å²) in [4.78, 5) is 36.1. The van der Waals surface area contributed by atoms with Crippen LogP contribution in [0.4, 0.5) is 23.7 Å². The largest absolute Gasteiger partial charge is 0.459 e. The maximum Gasteiger partial charge on any atom is 0.437 e. The molecule has 1 aromatic heterocycles. The van der Waals surface area contributed by atoms with E-state index in [9.17, 15) is 38.0 Å². The number of carbonyl (C=O) groups excluding carboxylic acids is 2. The van der Waals surface area contributed by atoms with Crippen LogP contribution in [0, 0.1) is 16.0 Å². The Morgan fingerprint density at radius 1 is 1.11 bits per heavy atom. The summed E-state index contributed by atoms with van der Waals surface area (Å²) in [6.45, 7) is 0. The number of para-hydroxylation sites is 1. The van der Waals surface area contributed by atoms with Gasteiger partial charge in [-0.2, -0.15) is 13.2 Å². The van der Waals surface area contributed by atoms with Gasteiger partial charge in [0.15, 0.2) is 5.78 Å². The van der Waals surface area contributed by atoms with Gasteiger partial charge in [-0.15, -0.1) is 0 Å². The molecule has 1 fully saturated rings. The SMILES string of the molecule is O=C1N[C@H](c2ccc(-c3ccccc3[N+](=O)[O-])o2)[C@H](C(=O)c2ccc(Cl)cc2)[C@](O)(C(F)(F)F)N1. The van der Waals surface area contributed by atoms with Crippen molar-refractivity contribution in [3.05, 3.63) is 87.1 Å². The number of furan rings is 1.